The molecule has 2 heterocycles. The molecule has 0 aliphatic carbocycles. The average molecular weight is 289 g/mol. The number of aromatic nitrogens is 3. The van der Waals surface area contributed by atoms with Crippen LogP contribution in [0, 0.1) is 25.2 Å². The third-order valence-corrected chi connectivity index (χ3v) is 3.46. The van der Waals surface area contributed by atoms with E-state index in [-0.39, 0.29) is 0 Å². The molecule has 5 heteroatoms. The van der Waals surface area contributed by atoms with Crippen molar-refractivity contribution in [2.75, 3.05) is 5.32 Å². The number of H-pyrrole nitrogens is 1. The van der Waals surface area contributed by atoms with E-state index in [1.165, 1.54) is 0 Å². The monoisotopic (exact) mass is 289 g/mol. The van der Waals surface area contributed by atoms with Crippen LogP contribution in [0.25, 0.3) is 11.3 Å². The molecule has 0 fully saturated rings. The fourth-order valence-electron chi connectivity index (χ4n) is 2.37. The maximum atomic E-state index is 8.81. The number of nitrogens with zero attached hydrogens (tertiary/aromatic N) is 3. The van der Waals surface area contributed by atoms with Crippen molar-refractivity contribution in [3.63, 3.8) is 0 Å². The minimum Gasteiger partial charge on any atom is -0.364 e. The van der Waals surface area contributed by atoms with Gasteiger partial charge in [0.05, 0.1) is 17.3 Å². The predicted octanol–water partition coefficient (Wildman–Crippen LogP) is 3.70. The summed E-state index contributed by atoms with van der Waals surface area (Å²) in [5.41, 5.74) is 5.69. The lowest BCUT2D eigenvalue weighted by Crippen LogP contribution is -1.98. The number of hydrogen-bond acceptors (Lipinski definition) is 4. The highest BCUT2D eigenvalue weighted by molar-refractivity contribution is 5.67. The van der Waals surface area contributed by atoms with Crippen molar-refractivity contribution in [1.82, 2.24) is 15.0 Å². The zero-order valence-electron chi connectivity index (χ0n) is 12.4. The molecule has 0 aliphatic rings. The van der Waals surface area contributed by atoms with Crippen molar-refractivity contribution in [3.8, 4) is 17.3 Å². The first-order chi connectivity index (χ1) is 10.7. The first-order valence-corrected chi connectivity index (χ1v) is 6.92. The van der Waals surface area contributed by atoms with Gasteiger partial charge in [0.15, 0.2) is 0 Å². The second-order valence-corrected chi connectivity index (χ2v) is 5.05. The van der Waals surface area contributed by atoms with Crippen LogP contribution in [0.2, 0.25) is 0 Å². The molecule has 0 atom stereocenters. The average Bonchev–Trinajstić information content (AvgIpc) is 2.87. The molecule has 1 aromatic carbocycles. The summed E-state index contributed by atoms with van der Waals surface area (Å²) in [7, 11) is 0. The molecule has 108 valence electrons. The highest BCUT2D eigenvalue weighted by Crippen LogP contribution is 2.25. The second-order valence-electron chi connectivity index (χ2n) is 5.05. The van der Waals surface area contributed by atoms with Crippen LogP contribution in [-0.4, -0.2) is 15.0 Å². The van der Waals surface area contributed by atoms with Crippen molar-refractivity contribution >= 4 is 11.6 Å². The van der Waals surface area contributed by atoms with Crippen molar-refractivity contribution in [2.24, 2.45) is 0 Å². The molecular formula is C17H15N5. The number of rotatable bonds is 3. The van der Waals surface area contributed by atoms with Gasteiger partial charge >= 0.3 is 0 Å². The van der Waals surface area contributed by atoms with Gasteiger partial charge in [0.25, 0.3) is 0 Å². The Hall–Kier alpha value is -3.13. The molecule has 3 rings (SSSR count). The Labute approximate surface area is 128 Å². The van der Waals surface area contributed by atoms with Gasteiger partial charge in [0.2, 0.25) is 5.95 Å². The molecule has 2 aromatic heterocycles. The Bertz CT molecular complexity index is 821. The summed E-state index contributed by atoms with van der Waals surface area (Å²) in [4.78, 5) is 12.0. The highest BCUT2D eigenvalue weighted by Gasteiger charge is 2.10. The SMILES string of the molecule is Cc1c[nH]c(C)c1-c1ccnc(Nc2ccc(C#N)cc2)n1. The Morgan fingerprint density at radius 1 is 1.14 bits per heavy atom. The largest absolute Gasteiger partial charge is 0.364 e. The summed E-state index contributed by atoms with van der Waals surface area (Å²) in [5.74, 6) is 0.530. The lowest BCUT2D eigenvalue weighted by molar-refractivity contribution is 1.16. The molecule has 0 aliphatic heterocycles. The van der Waals surface area contributed by atoms with Gasteiger partial charge < -0.3 is 10.3 Å². The molecule has 0 saturated heterocycles. The molecule has 22 heavy (non-hydrogen) atoms. The molecule has 3 aromatic rings. The van der Waals surface area contributed by atoms with Crippen LogP contribution in [0.15, 0.2) is 42.7 Å². The van der Waals surface area contributed by atoms with Crippen LogP contribution in [0.5, 0.6) is 0 Å². The third-order valence-electron chi connectivity index (χ3n) is 3.46. The van der Waals surface area contributed by atoms with Gasteiger partial charge in [-0.25, -0.2) is 9.97 Å². The summed E-state index contributed by atoms with van der Waals surface area (Å²) in [6.45, 7) is 4.08. The van der Waals surface area contributed by atoms with E-state index in [1.807, 2.05) is 31.3 Å². The number of nitriles is 1. The van der Waals surface area contributed by atoms with Crippen LogP contribution in [0.4, 0.5) is 11.6 Å². The lowest BCUT2D eigenvalue weighted by atomic mass is 10.1. The van der Waals surface area contributed by atoms with Crippen LogP contribution < -0.4 is 5.32 Å². The van der Waals surface area contributed by atoms with Crippen molar-refractivity contribution in [3.05, 3.63) is 59.5 Å². The number of hydrogen-bond donors (Lipinski definition) is 2. The van der Waals surface area contributed by atoms with E-state index >= 15 is 0 Å². The fourth-order valence-corrected chi connectivity index (χ4v) is 2.37. The lowest BCUT2D eigenvalue weighted by Gasteiger charge is -2.07. The summed E-state index contributed by atoms with van der Waals surface area (Å²) >= 11 is 0. The topological polar surface area (TPSA) is 77.4 Å². The predicted molar refractivity (Wildman–Crippen MR) is 85.7 cm³/mol. The molecule has 0 radical (unpaired) electrons. The van der Waals surface area contributed by atoms with Crippen molar-refractivity contribution in [1.29, 1.82) is 5.26 Å². The van der Waals surface area contributed by atoms with Gasteiger partial charge in [-0.3, -0.25) is 0 Å². The summed E-state index contributed by atoms with van der Waals surface area (Å²) in [6.07, 6.45) is 3.71. The van der Waals surface area contributed by atoms with Crippen LogP contribution in [0.3, 0.4) is 0 Å². The normalized spacial score (nSPS) is 10.2. The van der Waals surface area contributed by atoms with E-state index < -0.39 is 0 Å². The van der Waals surface area contributed by atoms with Crippen molar-refractivity contribution in [2.45, 2.75) is 13.8 Å². The number of aryl methyl sites for hydroxylation is 2. The Kier molecular flexibility index (Phi) is 3.58. The van der Waals surface area contributed by atoms with E-state index in [0.717, 1.165) is 28.2 Å². The maximum Gasteiger partial charge on any atom is 0.227 e. The Balaban J connectivity index is 1.90. The van der Waals surface area contributed by atoms with Gasteiger partial charge in [-0.1, -0.05) is 0 Å². The van der Waals surface area contributed by atoms with Crippen LogP contribution in [-0.2, 0) is 0 Å². The Morgan fingerprint density at radius 3 is 2.55 bits per heavy atom. The maximum absolute atomic E-state index is 8.81. The zero-order chi connectivity index (χ0) is 15.5. The van der Waals surface area contributed by atoms with Gasteiger partial charge in [0.1, 0.15) is 0 Å². The molecule has 0 bridgehead atoms. The molecule has 0 saturated carbocycles. The molecule has 2 N–H and O–H groups in total. The minimum absolute atomic E-state index is 0.530. The van der Waals surface area contributed by atoms with E-state index in [0.29, 0.717) is 11.5 Å². The van der Waals surface area contributed by atoms with Crippen LogP contribution >= 0.6 is 0 Å². The smallest absolute Gasteiger partial charge is 0.227 e. The summed E-state index contributed by atoms with van der Waals surface area (Å²) in [5, 5.41) is 12.0. The quantitative estimate of drug-likeness (QED) is 0.770. The third kappa shape index (κ3) is 2.67. The Morgan fingerprint density at radius 2 is 1.91 bits per heavy atom. The van der Waals surface area contributed by atoms with Crippen molar-refractivity contribution < 1.29 is 0 Å². The number of aromatic amines is 1. The molecule has 0 spiro atoms. The highest BCUT2D eigenvalue weighted by atomic mass is 15.1. The van der Waals surface area contributed by atoms with Crippen LogP contribution in [0.1, 0.15) is 16.8 Å². The van der Waals surface area contributed by atoms with Gasteiger partial charge in [-0.15, -0.1) is 0 Å². The second kappa shape index (κ2) is 5.70. The number of benzene rings is 1. The molecular weight excluding hydrogens is 274 g/mol. The molecule has 5 nitrogen and oxygen atoms in total. The van der Waals surface area contributed by atoms with E-state index in [1.54, 1.807) is 18.3 Å². The zero-order valence-corrected chi connectivity index (χ0v) is 12.4. The van der Waals surface area contributed by atoms with E-state index in [9.17, 15) is 0 Å². The van der Waals surface area contributed by atoms with E-state index in [2.05, 4.69) is 33.3 Å². The fraction of sp³-hybridized carbons (Fsp3) is 0.118. The standard InChI is InChI=1S/C17H15N5/c1-11-10-20-12(2)16(11)15-7-8-19-17(22-15)21-14-5-3-13(9-18)4-6-14/h3-8,10,20H,1-2H3,(H,19,21,22). The number of nitrogens with one attached hydrogen (secondary N) is 2. The van der Waals surface area contributed by atoms with Gasteiger partial charge in [-0.2, -0.15) is 5.26 Å². The minimum atomic E-state index is 0.530. The number of anilines is 2. The first-order valence-electron chi connectivity index (χ1n) is 6.92. The van der Waals surface area contributed by atoms with Gasteiger partial charge in [-0.05, 0) is 49.7 Å². The summed E-state index contributed by atoms with van der Waals surface area (Å²) in [6, 6.07) is 11.2. The summed E-state index contributed by atoms with van der Waals surface area (Å²) < 4.78 is 0. The molecule has 0 unspecified atom stereocenters. The molecule has 0 amide bonds. The first kappa shape index (κ1) is 13.8. The van der Waals surface area contributed by atoms with Gasteiger partial charge in [0, 0.05) is 29.3 Å². The van der Waals surface area contributed by atoms with E-state index in [4.69, 9.17) is 5.26 Å².